The van der Waals surface area contributed by atoms with Crippen molar-refractivity contribution < 1.29 is 13.7 Å². The predicted octanol–water partition coefficient (Wildman–Crippen LogP) is 4.20. The van der Waals surface area contributed by atoms with Gasteiger partial charge in [-0.1, -0.05) is 23.4 Å². The minimum atomic E-state index is -0.458. The molecule has 2 aromatic heterocycles. The van der Waals surface area contributed by atoms with Crippen LogP contribution in [-0.4, -0.2) is 21.3 Å². The van der Waals surface area contributed by atoms with Gasteiger partial charge in [0.15, 0.2) is 0 Å². The number of hydrogen-bond acceptors (Lipinski definition) is 6. The van der Waals surface area contributed by atoms with Gasteiger partial charge in [0.2, 0.25) is 17.6 Å². The first-order valence-corrected chi connectivity index (χ1v) is 9.10. The zero-order valence-corrected chi connectivity index (χ0v) is 14.4. The summed E-state index contributed by atoms with van der Waals surface area (Å²) in [5, 5.41) is 8.05. The summed E-state index contributed by atoms with van der Waals surface area (Å²) in [5.41, 5.74) is 0.174. The van der Waals surface area contributed by atoms with E-state index >= 15 is 0 Å². The van der Waals surface area contributed by atoms with Crippen LogP contribution in [0.1, 0.15) is 12.8 Å². The Morgan fingerprint density at radius 2 is 2.21 bits per heavy atom. The molecule has 5 nitrogen and oxygen atoms in total. The summed E-state index contributed by atoms with van der Waals surface area (Å²) < 4.78 is 18.7. The molecule has 1 N–H and O–H groups in total. The molecule has 1 aromatic carbocycles. The first-order valence-electron chi connectivity index (χ1n) is 7.17. The fraction of sp³-hybridized carbons (Fsp3) is 0.188. The van der Waals surface area contributed by atoms with E-state index in [0.29, 0.717) is 17.5 Å². The van der Waals surface area contributed by atoms with Crippen LogP contribution in [0.4, 0.5) is 10.1 Å². The molecular formula is C16H14FN3O2S2. The fourth-order valence-electron chi connectivity index (χ4n) is 1.89. The van der Waals surface area contributed by atoms with Gasteiger partial charge in [-0.05, 0) is 30.5 Å². The van der Waals surface area contributed by atoms with E-state index in [2.05, 4.69) is 15.5 Å². The number of nitrogens with zero attached hydrogens (tertiary/aromatic N) is 2. The molecule has 2 heterocycles. The lowest BCUT2D eigenvalue weighted by Crippen LogP contribution is -2.23. The molecule has 1 atom stereocenters. The number of carbonyl (C=O) groups excluding carboxylic acids is 1. The van der Waals surface area contributed by atoms with Gasteiger partial charge in [0.25, 0.3) is 0 Å². The number of thioether (sulfide) groups is 1. The van der Waals surface area contributed by atoms with Gasteiger partial charge in [0.05, 0.1) is 21.6 Å². The Morgan fingerprint density at radius 3 is 2.96 bits per heavy atom. The summed E-state index contributed by atoms with van der Waals surface area (Å²) >= 11 is 2.88. The van der Waals surface area contributed by atoms with Crippen molar-refractivity contribution in [2.75, 3.05) is 5.32 Å². The van der Waals surface area contributed by atoms with Gasteiger partial charge in [-0.15, -0.1) is 23.1 Å². The zero-order chi connectivity index (χ0) is 16.9. The highest BCUT2D eigenvalue weighted by Gasteiger charge is 2.17. The molecule has 3 rings (SSSR count). The van der Waals surface area contributed by atoms with E-state index in [1.807, 2.05) is 17.5 Å². The molecule has 0 aliphatic heterocycles. The van der Waals surface area contributed by atoms with Crippen molar-refractivity contribution in [2.24, 2.45) is 0 Å². The average molecular weight is 363 g/mol. The molecule has 0 saturated heterocycles. The van der Waals surface area contributed by atoms with Gasteiger partial charge >= 0.3 is 0 Å². The molecule has 124 valence electrons. The molecular weight excluding hydrogens is 349 g/mol. The second-order valence-corrected chi connectivity index (χ2v) is 7.19. The van der Waals surface area contributed by atoms with Gasteiger partial charge in [-0.25, -0.2) is 4.39 Å². The van der Waals surface area contributed by atoms with Gasteiger partial charge in [0, 0.05) is 0 Å². The normalized spacial score (nSPS) is 12.1. The molecule has 24 heavy (non-hydrogen) atoms. The highest BCUT2D eigenvalue weighted by atomic mass is 32.2. The third-order valence-electron chi connectivity index (χ3n) is 3.17. The second kappa shape index (κ2) is 7.59. The van der Waals surface area contributed by atoms with Crippen LogP contribution in [0.2, 0.25) is 0 Å². The SMILES string of the molecule is C[C@H](SCc1nc(-c2cccs2)no1)C(=O)Nc1ccccc1F. The number of benzene rings is 1. The third-order valence-corrected chi connectivity index (χ3v) is 5.16. The van der Waals surface area contributed by atoms with Gasteiger partial charge < -0.3 is 9.84 Å². The molecule has 0 spiro atoms. The fourth-order valence-corrected chi connectivity index (χ4v) is 3.26. The minimum absolute atomic E-state index is 0.174. The lowest BCUT2D eigenvalue weighted by atomic mass is 10.3. The topological polar surface area (TPSA) is 68.0 Å². The number of nitrogens with one attached hydrogen (secondary N) is 1. The molecule has 0 bridgehead atoms. The summed E-state index contributed by atoms with van der Waals surface area (Å²) in [6.07, 6.45) is 0. The molecule has 0 aliphatic carbocycles. The number of halogens is 1. The number of thiophene rings is 1. The Morgan fingerprint density at radius 1 is 1.38 bits per heavy atom. The van der Waals surface area contributed by atoms with Crippen LogP contribution in [-0.2, 0) is 10.5 Å². The van der Waals surface area contributed by atoms with Crippen molar-refractivity contribution in [3.63, 3.8) is 0 Å². The Hall–Kier alpha value is -2.19. The first kappa shape index (κ1) is 16.7. The Bertz CT molecular complexity index is 820. The van der Waals surface area contributed by atoms with E-state index in [9.17, 15) is 9.18 Å². The largest absolute Gasteiger partial charge is 0.338 e. The van der Waals surface area contributed by atoms with Crippen molar-refractivity contribution in [3.8, 4) is 10.7 Å². The van der Waals surface area contributed by atoms with Crippen molar-refractivity contribution in [2.45, 2.75) is 17.9 Å². The zero-order valence-electron chi connectivity index (χ0n) is 12.7. The molecule has 0 unspecified atom stereocenters. The van der Waals surface area contributed by atoms with Crippen LogP contribution >= 0.6 is 23.1 Å². The van der Waals surface area contributed by atoms with Gasteiger partial charge in [-0.2, -0.15) is 4.98 Å². The number of anilines is 1. The monoisotopic (exact) mass is 363 g/mol. The van der Waals surface area contributed by atoms with E-state index in [1.54, 1.807) is 19.1 Å². The maximum atomic E-state index is 13.5. The second-order valence-electron chi connectivity index (χ2n) is 4.91. The number of amides is 1. The number of para-hydroxylation sites is 1. The van der Waals surface area contributed by atoms with Crippen molar-refractivity contribution >= 4 is 34.7 Å². The summed E-state index contributed by atoms with van der Waals surface area (Å²) in [5.74, 6) is 0.672. The smallest absolute Gasteiger partial charge is 0.237 e. The standard InChI is InChI=1S/C16H14FN3O2S2/c1-10(16(21)18-12-6-3-2-5-11(12)17)24-9-14-19-15(20-22-14)13-7-4-8-23-13/h2-8,10H,9H2,1H3,(H,18,21)/t10-/m0/s1. The van der Waals surface area contributed by atoms with Gasteiger partial charge in [0.1, 0.15) is 5.82 Å². The van der Waals surface area contributed by atoms with E-state index in [1.165, 1.54) is 35.2 Å². The Kier molecular flexibility index (Phi) is 5.27. The van der Waals surface area contributed by atoms with Crippen LogP contribution in [0, 0.1) is 5.82 Å². The van der Waals surface area contributed by atoms with Crippen LogP contribution in [0.15, 0.2) is 46.3 Å². The average Bonchev–Trinajstić information content (AvgIpc) is 3.25. The van der Waals surface area contributed by atoms with Crippen molar-refractivity contribution in [3.05, 3.63) is 53.5 Å². The summed E-state index contributed by atoms with van der Waals surface area (Å²) in [6, 6.07) is 9.90. The van der Waals surface area contributed by atoms with E-state index < -0.39 is 5.82 Å². The molecule has 8 heteroatoms. The van der Waals surface area contributed by atoms with E-state index in [-0.39, 0.29) is 16.8 Å². The predicted molar refractivity (Wildman–Crippen MR) is 93.4 cm³/mol. The minimum Gasteiger partial charge on any atom is -0.338 e. The first-order chi connectivity index (χ1) is 11.6. The van der Waals surface area contributed by atoms with Crippen LogP contribution in [0.5, 0.6) is 0 Å². The maximum Gasteiger partial charge on any atom is 0.237 e. The number of hydrogen-bond donors (Lipinski definition) is 1. The molecule has 0 radical (unpaired) electrons. The van der Waals surface area contributed by atoms with Crippen molar-refractivity contribution in [1.82, 2.24) is 10.1 Å². The van der Waals surface area contributed by atoms with Gasteiger partial charge in [-0.3, -0.25) is 4.79 Å². The molecule has 1 amide bonds. The molecule has 0 saturated carbocycles. The summed E-state index contributed by atoms with van der Waals surface area (Å²) in [6.45, 7) is 1.75. The van der Waals surface area contributed by atoms with Crippen molar-refractivity contribution in [1.29, 1.82) is 0 Å². The Labute approximate surface area is 146 Å². The number of aromatic nitrogens is 2. The molecule has 0 fully saturated rings. The number of carbonyl (C=O) groups is 1. The van der Waals surface area contributed by atoms with E-state index in [0.717, 1.165) is 4.88 Å². The van der Waals surface area contributed by atoms with Crippen LogP contribution < -0.4 is 5.32 Å². The summed E-state index contributed by atoms with van der Waals surface area (Å²) in [7, 11) is 0. The number of rotatable bonds is 6. The summed E-state index contributed by atoms with van der Waals surface area (Å²) in [4.78, 5) is 17.3. The maximum absolute atomic E-state index is 13.5. The lowest BCUT2D eigenvalue weighted by Gasteiger charge is -2.11. The molecule has 0 aliphatic rings. The highest BCUT2D eigenvalue weighted by Crippen LogP contribution is 2.24. The molecule has 3 aromatic rings. The third kappa shape index (κ3) is 4.01. The lowest BCUT2D eigenvalue weighted by molar-refractivity contribution is -0.115. The van der Waals surface area contributed by atoms with E-state index in [4.69, 9.17) is 4.52 Å². The quantitative estimate of drug-likeness (QED) is 0.711. The highest BCUT2D eigenvalue weighted by molar-refractivity contribution is 7.99. The van der Waals surface area contributed by atoms with Crippen LogP contribution in [0.25, 0.3) is 10.7 Å². The van der Waals surface area contributed by atoms with Crippen LogP contribution in [0.3, 0.4) is 0 Å². The Balaban J connectivity index is 1.54.